The van der Waals surface area contributed by atoms with Crippen LogP contribution in [0.1, 0.15) is 5.56 Å². The van der Waals surface area contributed by atoms with Gasteiger partial charge in [0.25, 0.3) is 0 Å². The maximum absolute atomic E-state index is 6.30. The van der Waals surface area contributed by atoms with E-state index in [1.807, 2.05) is 24.3 Å². The Balaban J connectivity index is 2.00. The maximum atomic E-state index is 6.30. The number of quaternary nitrogens is 1. The molecule has 0 spiro atoms. The van der Waals surface area contributed by atoms with Gasteiger partial charge in [-0.1, -0.05) is 66.2 Å². The summed E-state index contributed by atoms with van der Waals surface area (Å²) in [5.74, 6) is 0. The van der Waals surface area contributed by atoms with E-state index in [2.05, 4.69) is 53.2 Å². The lowest BCUT2D eigenvalue weighted by Crippen LogP contribution is -2.47. The van der Waals surface area contributed by atoms with Crippen molar-refractivity contribution in [3.8, 4) is 22.4 Å². The molecular weight excluding hydrogens is 330 g/mol. The second-order valence-corrected chi connectivity index (χ2v) is 6.22. The molecule has 0 atom stereocenters. The molecule has 0 aliphatic carbocycles. The van der Waals surface area contributed by atoms with Gasteiger partial charge in [-0.05, 0) is 17.7 Å². The quantitative estimate of drug-likeness (QED) is 0.560. The molecule has 3 N–H and O–H groups in total. The van der Waals surface area contributed by atoms with E-state index in [0.717, 1.165) is 39.8 Å². The summed E-state index contributed by atoms with van der Waals surface area (Å²) in [6.45, 7) is 0.776. The summed E-state index contributed by atoms with van der Waals surface area (Å²) >= 11 is 6.30. The van der Waals surface area contributed by atoms with E-state index in [9.17, 15) is 0 Å². The Morgan fingerprint density at radius 2 is 1.64 bits per heavy atom. The van der Waals surface area contributed by atoms with Crippen molar-refractivity contribution < 1.29 is 5.73 Å². The van der Waals surface area contributed by atoms with Crippen LogP contribution < -0.4 is 5.73 Å². The topological polar surface area (TPSA) is 53.4 Å². The molecule has 0 unspecified atom stereocenters. The van der Waals surface area contributed by atoms with Gasteiger partial charge in [-0.3, -0.25) is 0 Å². The third kappa shape index (κ3) is 3.00. The van der Waals surface area contributed by atoms with Gasteiger partial charge in [0.2, 0.25) is 0 Å². The van der Waals surface area contributed by atoms with Gasteiger partial charge in [0.05, 0.1) is 17.8 Å². The minimum absolute atomic E-state index is 0.473. The summed E-state index contributed by atoms with van der Waals surface area (Å²) in [5.41, 5.74) is 10.2. The highest BCUT2D eigenvalue weighted by molar-refractivity contribution is 6.34. The van der Waals surface area contributed by atoms with Crippen molar-refractivity contribution >= 4 is 22.5 Å². The Hall–Kier alpha value is -2.75. The molecule has 25 heavy (non-hydrogen) atoms. The van der Waals surface area contributed by atoms with Gasteiger partial charge in [-0.2, -0.15) is 0 Å². The Labute approximate surface area is 151 Å². The Bertz CT molecular complexity index is 1030. The first-order chi connectivity index (χ1) is 12.3. The lowest BCUT2D eigenvalue weighted by molar-refractivity contribution is -0.386. The fourth-order valence-electron chi connectivity index (χ4n) is 2.95. The standard InChI is InChI=1S/C21H16ClN3/c22-21-18-12-17(15-4-2-1-3-5-15)20(25-19(18)10-11-24-21)16-8-6-14(13-23)7-9-16/h1-12H,13,23H2/p+1. The van der Waals surface area contributed by atoms with Crippen molar-refractivity contribution in [1.82, 2.24) is 9.97 Å². The highest BCUT2D eigenvalue weighted by Crippen LogP contribution is 2.34. The molecule has 3 nitrogen and oxygen atoms in total. The zero-order valence-electron chi connectivity index (χ0n) is 13.6. The second kappa shape index (κ2) is 6.63. The van der Waals surface area contributed by atoms with E-state index >= 15 is 0 Å². The number of fused-ring (bicyclic) bond motifs is 1. The van der Waals surface area contributed by atoms with Gasteiger partial charge in [0.15, 0.2) is 0 Å². The van der Waals surface area contributed by atoms with Crippen molar-refractivity contribution in [3.63, 3.8) is 0 Å². The number of pyridine rings is 2. The van der Waals surface area contributed by atoms with Crippen molar-refractivity contribution in [1.29, 1.82) is 0 Å². The Kier molecular flexibility index (Phi) is 4.18. The van der Waals surface area contributed by atoms with E-state index in [4.69, 9.17) is 16.6 Å². The molecule has 2 aromatic carbocycles. The Morgan fingerprint density at radius 3 is 2.36 bits per heavy atom. The Morgan fingerprint density at radius 1 is 0.880 bits per heavy atom. The zero-order valence-corrected chi connectivity index (χ0v) is 14.4. The molecule has 122 valence electrons. The first-order valence-electron chi connectivity index (χ1n) is 8.15. The van der Waals surface area contributed by atoms with Crippen molar-refractivity contribution in [2.24, 2.45) is 0 Å². The molecule has 0 aliphatic rings. The molecule has 0 saturated carbocycles. The smallest absolute Gasteiger partial charge is 0.138 e. The van der Waals surface area contributed by atoms with E-state index in [1.54, 1.807) is 6.20 Å². The van der Waals surface area contributed by atoms with Crippen LogP contribution in [0.25, 0.3) is 33.3 Å². The first kappa shape index (κ1) is 15.8. The second-order valence-electron chi connectivity index (χ2n) is 5.87. The van der Waals surface area contributed by atoms with Crippen molar-refractivity contribution in [3.05, 3.63) is 83.6 Å². The van der Waals surface area contributed by atoms with Crippen molar-refractivity contribution in [2.75, 3.05) is 0 Å². The van der Waals surface area contributed by atoms with Crippen LogP contribution in [0.3, 0.4) is 0 Å². The number of aromatic nitrogens is 2. The number of benzene rings is 2. The number of halogens is 1. The summed E-state index contributed by atoms with van der Waals surface area (Å²) in [6.07, 6.45) is 1.69. The van der Waals surface area contributed by atoms with Crippen LogP contribution in [0, 0.1) is 0 Å². The minimum Gasteiger partial charge on any atom is -0.354 e. The minimum atomic E-state index is 0.473. The molecule has 4 aromatic rings. The predicted molar refractivity (Wildman–Crippen MR) is 102 cm³/mol. The molecule has 4 rings (SSSR count). The van der Waals surface area contributed by atoms with E-state index in [-0.39, 0.29) is 0 Å². The molecule has 0 amide bonds. The third-order valence-electron chi connectivity index (χ3n) is 4.30. The van der Waals surface area contributed by atoms with Gasteiger partial charge >= 0.3 is 0 Å². The van der Waals surface area contributed by atoms with Crippen LogP contribution in [-0.4, -0.2) is 9.97 Å². The van der Waals surface area contributed by atoms with Gasteiger partial charge < -0.3 is 5.73 Å². The molecule has 0 bridgehead atoms. The summed E-state index contributed by atoms with van der Waals surface area (Å²) < 4.78 is 0. The van der Waals surface area contributed by atoms with Gasteiger partial charge in [-0.25, -0.2) is 9.97 Å². The van der Waals surface area contributed by atoms with Crippen LogP contribution in [0.5, 0.6) is 0 Å². The number of rotatable bonds is 3. The van der Waals surface area contributed by atoms with Crippen LogP contribution in [-0.2, 0) is 6.54 Å². The summed E-state index contributed by atoms with van der Waals surface area (Å²) in [7, 11) is 0. The van der Waals surface area contributed by atoms with Crippen LogP contribution in [0.2, 0.25) is 5.15 Å². The normalized spacial score (nSPS) is 11.0. The van der Waals surface area contributed by atoms with Crippen LogP contribution in [0.15, 0.2) is 72.9 Å². The largest absolute Gasteiger partial charge is 0.354 e. The van der Waals surface area contributed by atoms with Crippen LogP contribution >= 0.6 is 11.6 Å². The number of hydrogen-bond acceptors (Lipinski definition) is 2. The molecule has 4 heteroatoms. The predicted octanol–water partition coefficient (Wildman–Crippen LogP) is 4.36. The number of hydrogen-bond donors (Lipinski definition) is 1. The van der Waals surface area contributed by atoms with Gasteiger partial charge in [-0.15, -0.1) is 0 Å². The summed E-state index contributed by atoms with van der Waals surface area (Å²) in [5, 5.41) is 1.34. The molecule has 0 aliphatic heterocycles. The molecule has 2 aromatic heterocycles. The van der Waals surface area contributed by atoms with E-state index in [0.29, 0.717) is 5.15 Å². The third-order valence-corrected chi connectivity index (χ3v) is 4.60. The fraction of sp³-hybridized carbons (Fsp3) is 0.0476. The van der Waals surface area contributed by atoms with Gasteiger partial charge in [0.1, 0.15) is 5.15 Å². The summed E-state index contributed by atoms with van der Waals surface area (Å²) in [4.78, 5) is 9.08. The monoisotopic (exact) mass is 346 g/mol. The molecule has 0 radical (unpaired) electrons. The van der Waals surface area contributed by atoms with E-state index < -0.39 is 0 Å². The number of nitrogens with zero attached hydrogens (tertiary/aromatic N) is 2. The van der Waals surface area contributed by atoms with Crippen LogP contribution in [0.4, 0.5) is 0 Å². The average Bonchev–Trinajstić information content (AvgIpc) is 2.68. The molecule has 0 fully saturated rings. The van der Waals surface area contributed by atoms with E-state index in [1.165, 1.54) is 5.56 Å². The summed E-state index contributed by atoms with van der Waals surface area (Å²) in [6, 6.07) is 22.6. The first-order valence-corrected chi connectivity index (χ1v) is 8.53. The molecule has 2 heterocycles. The SMILES string of the molecule is [NH3+]Cc1ccc(-c2nc3ccnc(Cl)c3cc2-c2ccccc2)cc1. The average molecular weight is 347 g/mol. The highest BCUT2D eigenvalue weighted by atomic mass is 35.5. The van der Waals surface area contributed by atoms with Crippen molar-refractivity contribution in [2.45, 2.75) is 6.54 Å². The highest BCUT2D eigenvalue weighted by Gasteiger charge is 2.13. The fourth-order valence-corrected chi connectivity index (χ4v) is 3.16. The molecular formula is C21H17ClN3+. The molecule has 0 saturated heterocycles. The lowest BCUT2D eigenvalue weighted by Gasteiger charge is -2.12. The lowest BCUT2D eigenvalue weighted by atomic mass is 9.97. The maximum Gasteiger partial charge on any atom is 0.138 e. The zero-order chi connectivity index (χ0) is 17.2. The van der Waals surface area contributed by atoms with Gasteiger partial charge in [0, 0.05) is 28.3 Å².